The van der Waals surface area contributed by atoms with Gasteiger partial charge < -0.3 is 9.72 Å². The third-order valence-electron chi connectivity index (χ3n) is 4.53. The van der Waals surface area contributed by atoms with Gasteiger partial charge in [-0.1, -0.05) is 6.07 Å². The van der Waals surface area contributed by atoms with Gasteiger partial charge in [-0.2, -0.15) is 4.98 Å². The summed E-state index contributed by atoms with van der Waals surface area (Å²) in [5.41, 5.74) is 3.37. The van der Waals surface area contributed by atoms with E-state index in [0.717, 1.165) is 22.3 Å². The molecule has 0 saturated heterocycles. The van der Waals surface area contributed by atoms with Crippen LogP contribution in [0.25, 0.3) is 28.1 Å². The predicted molar refractivity (Wildman–Crippen MR) is 103 cm³/mol. The van der Waals surface area contributed by atoms with Crippen LogP contribution in [0.2, 0.25) is 0 Å². The molecule has 28 heavy (non-hydrogen) atoms. The van der Waals surface area contributed by atoms with E-state index >= 15 is 0 Å². The van der Waals surface area contributed by atoms with Crippen LogP contribution in [0.1, 0.15) is 5.56 Å². The third kappa shape index (κ3) is 2.60. The minimum Gasteiger partial charge on any atom is -0.497 e. The van der Waals surface area contributed by atoms with Crippen molar-refractivity contribution in [2.75, 3.05) is 7.11 Å². The summed E-state index contributed by atoms with van der Waals surface area (Å²) in [5, 5.41) is 0. The fourth-order valence-electron chi connectivity index (χ4n) is 3.15. The van der Waals surface area contributed by atoms with Gasteiger partial charge in [-0.25, -0.2) is 14.8 Å². The quantitative estimate of drug-likeness (QED) is 0.516. The minimum absolute atomic E-state index is 0.245. The monoisotopic (exact) mass is 373 g/mol. The zero-order chi connectivity index (χ0) is 19.1. The average molecular weight is 373 g/mol. The summed E-state index contributed by atoms with van der Waals surface area (Å²) in [6, 6.07) is 9.35. The number of imidazole rings is 2. The largest absolute Gasteiger partial charge is 0.497 e. The Hall–Kier alpha value is -4.01. The number of hydrogen-bond donors (Lipinski definition) is 1. The van der Waals surface area contributed by atoms with E-state index in [2.05, 4.69) is 24.9 Å². The van der Waals surface area contributed by atoms with Crippen molar-refractivity contribution in [3.63, 3.8) is 0 Å². The maximum atomic E-state index is 12.4. The maximum absolute atomic E-state index is 12.4. The molecular weight excluding hydrogens is 358 g/mol. The number of rotatable bonds is 4. The second kappa shape index (κ2) is 6.31. The van der Waals surface area contributed by atoms with Crippen molar-refractivity contribution in [2.45, 2.75) is 6.54 Å². The zero-order valence-electron chi connectivity index (χ0n) is 14.9. The molecule has 0 aliphatic carbocycles. The molecule has 4 aromatic heterocycles. The molecular formula is C19H15N7O2. The van der Waals surface area contributed by atoms with Gasteiger partial charge in [0.1, 0.15) is 17.6 Å². The van der Waals surface area contributed by atoms with E-state index in [-0.39, 0.29) is 5.69 Å². The first-order valence-corrected chi connectivity index (χ1v) is 8.59. The van der Waals surface area contributed by atoms with E-state index in [1.54, 1.807) is 41.2 Å². The lowest BCUT2D eigenvalue weighted by Gasteiger charge is -2.05. The normalized spacial score (nSPS) is 11.3. The molecule has 5 aromatic rings. The molecule has 0 atom stereocenters. The van der Waals surface area contributed by atoms with Crippen molar-refractivity contribution in [1.29, 1.82) is 0 Å². The van der Waals surface area contributed by atoms with Crippen LogP contribution >= 0.6 is 0 Å². The van der Waals surface area contributed by atoms with Gasteiger partial charge in [0.2, 0.25) is 5.95 Å². The number of aromatic nitrogens is 7. The van der Waals surface area contributed by atoms with E-state index in [1.807, 2.05) is 30.3 Å². The first-order chi connectivity index (χ1) is 13.7. The van der Waals surface area contributed by atoms with Crippen LogP contribution in [-0.2, 0) is 6.54 Å². The Morgan fingerprint density at radius 1 is 1.18 bits per heavy atom. The van der Waals surface area contributed by atoms with Gasteiger partial charge in [0.15, 0.2) is 5.65 Å². The Balaban J connectivity index is 1.64. The van der Waals surface area contributed by atoms with Crippen molar-refractivity contribution in [1.82, 2.24) is 34.1 Å². The summed E-state index contributed by atoms with van der Waals surface area (Å²) < 4.78 is 8.59. The smallest absolute Gasteiger partial charge is 0.328 e. The van der Waals surface area contributed by atoms with Crippen LogP contribution in [0.3, 0.4) is 0 Å². The number of pyridine rings is 1. The molecule has 1 N–H and O–H groups in total. The van der Waals surface area contributed by atoms with Gasteiger partial charge in [0.05, 0.1) is 30.9 Å². The van der Waals surface area contributed by atoms with Crippen molar-refractivity contribution < 1.29 is 4.74 Å². The molecule has 0 fully saturated rings. The average Bonchev–Trinajstić information content (AvgIpc) is 3.29. The zero-order valence-corrected chi connectivity index (χ0v) is 14.9. The molecule has 0 aliphatic heterocycles. The molecule has 4 heterocycles. The predicted octanol–water partition coefficient (Wildman–Crippen LogP) is 1.91. The van der Waals surface area contributed by atoms with Crippen LogP contribution in [-0.4, -0.2) is 41.2 Å². The lowest BCUT2D eigenvalue weighted by Crippen LogP contribution is -2.18. The van der Waals surface area contributed by atoms with Gasteiger partial charge in [-0.15, -0.1) is 0 Å². The first-order valence-electron chi connectivity index (χ1n) is 8.59. The van der Waals surface area contributed by atoms with Crippen molar-refractivity contribution in [3.8, 4) is 11.7 Å². The molecule has 5 rings (SSSR count). The fraction of sp³-hybridized carbons (Fsp3) is 0.105. The number of benzene rings is 1. The molecule has 138 valence electrons. The summed E-state index contributed by atoms with van der Waals surface area (Å²) in [6.45, 7) is 0.366. The standard InChI is InChI=1S/C19H15N7O2/c1-28-13-4-5-16-14(7-13)22-11-26(16)18-21-9-15-17(24-18)25(19(27)23-15)10-12-3-2-6-20-8-12/h2-9,11H,10H2,1H3,(H,23,27). The van der Waals surface area contributed by atoms with E-state index in [4.69, 9.17) is 4.74 Å². The second-order valence-electron chi connectivity index (χ2n) is 6.25. The number of hydrogen-bond acceptors (Lipinski definition) is 6. The number of nitrogens with zero attached hydrogens (tertiary/aromatic N) is 6. The van der Waals surface area contributed by atoms with Gasteiger partial charge in [-0.05, 0) is 23.8 Å². The molecule has 1 aromatic carbocycles. The Labute approximate surface area is 158 Å². The number of fused-ring (bicyclic) bond motifs is 2. The molecule has 0 spiro atoms. The van der Waals surface area contributed by atoms with E-state index in [9.17, 15) is 4.79 Å². The summed E-state index contributed by atoms with van der Waals surface area (Å²) in [5.74, 6) is 1.16. The van der Waals surface area contributed by atoms with E-state index in [0.29, 0.717) is 23.7 Å². The van der Waals surface area contributed by atoms with E-state index < -0.39 is 0 Å². The van der Waals surface area contributed by atoms with Crippen molar-refractivity contribution >= 4 is 22.2 Å². The molecule has 0 radical (unpaired) electrons. The highest BCUT2D eigenvalue weighted by Crippen LogP contribution is 2.22. The molecule has 9 nitrogen and oxygen atoms in total. The molecule has 0 amide bonds. The number of nitrogens with one attached hydrogen (secondary N) is 1. The third-order valence-corrected chi connectivity index (χ3v) is 4.53. The SMILES string of the molecule is COc1ccc2c(c1)ncn2-c1ncc2[nH]c(=O)n(Cc3cccnc3)c2n1. The Kier molecular flexibility index (Phi) is 3.64. The number of aromatic amines is 1. The second-order valence-corrected chi connectivity index (χ2v) is 6.25. The Morgan fingerprint density at radius 3 is 2.93 bits per heavy atom. The summed E-state index contributed by atoms with van der Waals surface area (Å²) in [4.78, 5) is 32.7. The maximum Gasteiger partial charge on any atom is 0.328 e. The van der Waals surface area contributed by atoms with Crippen molar-refractivity contribution in [3.05, 3.63) is 71.3 Å². The highest BCUT2D eigenvalue weighted by atomic mass is 16.5. The lowest BCUT2D eigenvalue weighted by atomic mass is 10.3. The number of methoxy groups -OCH3 is 1. The van der Waals surface area contributed by atoms with Gasteiger partial charge in [0.25, 0.3) is 0 Å². The summed E-state index contributed by atoms with van der Waals surface area (Å²) >= 11 is 0. The van der Waals surface area contributed by atoms with Crippen LogP contribution in [0, 0.1) is 0 Å². The molecule has 0 unspecified atom stereocenters. The van der Waals surface area contributed by atoms with Crippen LogP contribution in [0.4, 0.5) is 0 Å². The number of H-pyrrole nitrogens is 1. The highest BCUT2D eigenvalue weighted by Gasteiger charge is 2.13. The molecule has 0 bridgehead atoms. The van der Waals surface area contributed by atoms with Gasteiger partial charge >= 0.3 is 5.69 Å². The highest BCUT2D eigenvalue weighted by molar-refractivity contribution is 5.79. The number of ether oxygens (including phenoxy) is 1. The Morgan fingerprint density at radius 2 is 2.11 bits per heavy atom. The van der Waals surface area contributed by atoms with Crippen LogP contribution in [0.15, 0.2) is 60.0 Å². The van der Waals surface area contributed by atoms with Crippen LogP contribution in [0.5, 0.6) is 5.75 Å². The van der Waals surface area contributed by atoms with Gasteiger partial charge in [0, 0.05) is 18.5 Å². The first kappa shape index (κ1) is 16.2. The minimum atomic E-state index is -0.245. The lowest BCUT2D eigenvalue weighted by molar-refractivity contribution is 0.415. The van der Waals surface area contributed by atoms with Crippen molar-refractivity contribution in [2.24, 2.45) is 0 Å². The molecule has 0 saturated carbocycles. The van der Waals surface area contributed by atoms with Crippen LogP contribution < -0.4 is 10.4 Å². The topological polar surface area (TPSA) is 104 Å². The van der Waals surface area contributed by atoms with E-state index in [1.165, 1.54) is 0 Å². The Bertz CT molecular complexity index is 1350. The van der Waals surface area contributed by atoms with Gasteiger partial charge in [-0.3, -0.25) is 14.1 Å². The summed E-state index contributed by atoms with van der Waals surface area (Å²) in [7, 11) is 1.61. The molecule has 0 aliphatic rings. The summed E-state index contributed by atoms with van der Waals surface area (Å²) in [6.07, 6.45) is 6.68. The molecule has 9 heteroatoms. The fourth-order valence-corrected chi connectivity index (χ4v) is 3.15.